The Kier molecular flexibility index (Phi) is 4.36. The largest absolute Gasteiger partial charge is 0.368 e. The Morgan fingerprint density at radius 2 is 2.16 bits per heavy atom. The first-order valence-corrected chi connectivity index (χ1v) is 8.00. The highest BCUT2D eigenvalue weighted by Crippen LogP contribution is 2.26. The van der Waals surface area contributed by atoms with E-state index >= 15 is 0 Å². The second-order valence-electron chi connectivity index (χ2n) is 5.63. The van der Waals surface area contributed by atoms with Gasteiger partial charge in [-0.3, -0.25) is 0 Å². The van der Waals surface area contributed by atoms with Gasteiger partial charge in [-0.1, -0.05) is 0 Å². The van der Waals surface area contributed by atoms with E-state index in [-0.39, 0.29) is 4.75 Å². The quantitative estimate of drug-likeness (QED) is 0.915. The van der Waals surface area contributed by atoms with Gasteiger partial charge < -0.3 is 5.32 Å². The summed E-state index contributed by atoms with van der Waals surface area (Å²) in [6.45, 7) is 5.19. The summed E-state index contributed by atoms with van der Waals surface area (Å²) in [7, 11) is 0. The van der Waals surface area contributed by atoms with Gasteiger partial charge in [0.15, 0.2) is 0 Å². The molecule has 0 spiro atoms. The number of hydrogen-bond acceptors (Lipinski definition) is 4. The van der Waals surface area contributed by atoms with Gasteiger partial charge >= 0.3 is 0 Å². The SMILES string of the molecule is CSC(C)(C)CNc1nc2c(cc1C#N)CCCC2. The number of thioether (sulfide) groups is 1. The fourth-order valence-corrected chi connectivity index (χ4v) is 2.44. The van der Waals surface area contributed by atoms with Crippen LogP contribution in [0.3, 0.4) is 0 Å². The first-order valence-electron chi connectivity index (χ1n) is 6.77. The molecule has 0 aliphatic heterocycles. The van der Waals surface area contributed by atoms with Gasteiger partial charge in [-0.2, -0.15) is 17.0 Å². The molecule has 0 radical (unpaired) electrons. The van der Waals surface area contributed by atoms with Crippen molar-refractivity contribution in [2.75, 3.05) is 18.1 Å². The predicted octanol–water partition coefficient (Wildman–Crippen LogP) is 3.39. The lowest BCUT2D eigenvalue weighted by molar-refractivity contribution is 0.666. The molecule has 1 heterocycles. The number of aryl methyl sites for hydroxylation is 2. The number of rotatable bonds is 4. The van der Waals surface area contributed by atoms with Crippen molar-refractivity contribution in [2.45, 2.75) is 44.3 Å². The monoisotopic (exact) mass is 275 g/mol. The van der Waals surface area contributed by atoms with E-state index in [4.69, 9.17) is 0 Å². The van der Waals surface area contributed by atoms with Crippen molar-refractivity contribution in [3.63, 3.8) is 0 Å². The molecule has 4 heteroatoms. The molecule has 0 amide bonds. The molecule has 0 bridgehead atoms. The molecule has 0 atom stereocenters. The lowest BCUT2D eigenvalue weighted by Gasteiger charge is -2.24. The molecule has 0 saturated carbocycles. The van der Waals surface area contributed by atoms with Crippen LogP contribution in [-0.4, -0.2) is 22.5 Å². The van der Waals surface area contributed by atoms with Gasteiger partial charge in [0.25, 0.3) is 0 Å². The van der Waals surface area contributed by atoms with Crippen molar-refractivity contribution >= 4 is 17.6 Å². The Labute approximate surface area is 119 Å². The third-order valence-electron chi connectivity index (χ3n) is 3.66. The summed E-state index contributed by atoms with van der Waals surface area (Å²) in [5.41, 5.74) is 3.12. The van der Waals surface area contributed by atoms with Gasteiger partial charge in [0.1, 0.15) is 11.9 Å². The lowest BCUT2D eigenvalue weighted by atomic mass is 9.95. The van der Waals surface area contributed by atoms with Crippen LogP contribution in [0.1, 0.15) is 43.5 Å². The molecule has 3 nitrogen and oxygen atoms in total. The topological polar surface area (TPSA) is 48.7 Å². The Morgan fingerprint density at radius 3 is 2.84 bits per heavy atom. The van der Waals surface area contributed by atoms with Gasteiger partial charge in [0.2, 0.25) is 0 Å². The zero-order valence-electron chi connectivity index (χ0n) is 11.9. The Balaban J connectivity index is 2.22. The van der Waals surface area contributed by atoms with Crippen LogP contribution in [0.4, 0.5) is 5.82 Å². The zero-order valence-corrected chi connectivity index (χ0v) is 12.7. The molecule has 1 aromatic heterocycles. The van der Waals surface area contributed by atoms with Gasteiger partial charge in [-0.05, 0) is 57.4 Å². The number of aromatic nitrogens is 1. The van der Waals surface area contributed by atoms with E-state index in [1.54, 1.807) is 0 Å². The average Bonchev–Trinajstić information content (AvgIpc) is 2.44. The summed E-state index contributed by atoms with van der Waals surface area (Å²) in [5, 5.41) is 12.6. The van der Waals surface area contributed by atoms with Crippen LogP contribution in [0.5, 0.6) is 0 Å². The highest BCUT2D eigenvalue weighted by atomic mass is 32.2. The van der Waals surface area contributed by atoms with Crippen molar-refractivity contribution in [1.29, 1.82) is 5.26 Å². The van der Waals surface area contributed by atoms with E-state index in [1.165, 1.54) is 24.1 Å². The fourth-order valence-electron chi connectivity index (χ4n) is 2.22. The van der Waals surface area contributed by atoms with E-state index in [9.17, 15) is 5.26 Å². The number of nitrogens with one attached hydrogen (secondary N) is 1. The fraction of sp³-hybridized carbons (Fsp3) is 0.600. The highest BCUT2D eigenvalue weighted by Gasteiger charge is 2.19. The summed E-state index contributed by atoms with van der Waals surface area (Å²) in [6, 6.07) is 4.29. The first-order chi connectivity index (χ1) is 9.05. The average molecular weight is 275 g/mol. The summed E-state index contributed by atoms with van der Waals surface area (Å²) in [4.78, 5) is 4.68. The molecule has 0 unspecified atom stereocenters. The highest BCUT2D eigenvalue weighted by molar-refractivity contribution is 7.99. The molecule has 1 aromatic rings. The van der Waals surface area contributed by atoms with Gasteiger partial charge in [-0.25, -0.2) is 4.98 Å². The van der Waals surface area contributed by atoms with E-state index in [2.05, 4.69) is 36.5 Å². The summed E-state index contributed by atoms with van der Waals surface area (Å²) < 4.78 is 0.143. The number of pyridine rings is 1. The van der Waals surface area contributed by atoms with Gasteiger partial charge in [-0.15, -0.1) is 0 Å². The number of fused-ring (bicyclic) bond motifs is 1. The molecule has 102 valence electrons. The van der Waals surface area contributed by atoms with E-state index in [0.29, 0.717) is 5.56 Å². The van der Waals surface area contributed by atoms with Crippen LogP contribution in [-0.2, 0) is 12.8 Å². The number of hydrogen-bond donors (Lipinski definition) is 1. The van der Waals surface area contributed by atoms with E-state index < -0.39 is 0 Å². The van der Waals surface area contributed by atoms with Crippen molar-refractivity contribution in [3.05, 3.63) is 22.9 Å². The summed E-state index contributed by atoms with van der Waals surface area (Å²) >= 11 is 1.82. The molecule has 0 aromatic carbocycles. The molecule has 1 N–H and O–H groups in total. The van der Waals surface area contributed by atoms with Gasteiger partial charge in [0.05, 0.1) is 5.56 Å². The Hall–Kier alpha value is -1.21. The molecule has 1 aliphatic carbocycles. The number of anilines is 1. The van der Waals surface area contributed by atoms with Crippen LogP contribution in [0.25, 0.3) is 0 Å². The van der Waals surface area contributed by atoms with Crippen LogP contribution in [0.15, 0.2) is 6.07 Å². The van der Waals surface area contributed by atoms with Crippen molar-refractivity contribution < 1.29 is 0 Å². The Morgan fingerprint density at radius 1 is 1.42 bits per heavy atom. The molecule has 2 rings (SSSR count). The van der Waals surface area contributed by atoms with E-state index in [1.807, 2.05) is 17.8 Å². The zero-order chi connectivity index (χ0) is 13.9. The minimum Gasteiger partial charge on any atom is -0.368 e. The number of nitriles is 1. The Bertz CT molecular complexity index is 503. The molecular weight excluding hydrogens is 254 g/mol. The molecule has 19 heavy (non-hydrogen) atoms. The molecule has 0 saturated heterocycles. The third-order valence-corrected chi connectivity index (χ3v) is 4.90. The number of nitrogens with zero attached hydrogens (tertiary/aromatic N) is 2. The summed E-state index contributed by atoms with van der Waals surface area (Å²) in [6.07, 6.45) is 6.63. The molecule has 0 fully saturated rings. The van der Waals surface area contributed by atoms with Crippen molar-refractivity contribution in [2.24, 2.45) is 0 Å². The van der Waals surface area contributed by atoms with Crippen molar-refractivity contribution in [3.8, 4) is 6.07 Å². The normalized spacial score (nSPS) is 14.6. The minimum absolute atomic E-state index is 0.143. The maximum atomic E-state index is 9.27. The van der Waals surface area contributed by atoms with Crippen LogP contribution in [0, 0.1) is 11.3 Å². The van der Waals surface area contributed by atoms with Crippen LogP contribution >= 0.6 is 11.8 Å². The summed E-state index contributed by atoms with van der Waals surface area (Å²) in [5.74, 6) is 0.755. The molecular formula is C15H21N3S. The van der Waals surface area contributed by atoms with Crippen molar-refractivity contribution in [1.82, 2.24) is 4.98 Å². The standard InChI is InChI=1S/C15H21N3S/c1-15(2,19-3)10-17-14-12(9-16)8-11-6-4-5-7-13(11)18-14/h8H,4-7,10H2,1-3H3,(H,17,18). The van der Waals surface area contributed by atoms with Crippen LogP contribution in [0.2, 0.25) is 0 Å². The first kappa shape index (κ1) is 14.2. The maximum Gasteiger partial charge on any atom is 0.144 e. The second-order valence-corrected chi connectivity index (χ2v) is 7.14. The minimum atomic E-state index is 0.143. The predicted molar refractivity (Wildman–Crippen MR) is 81.7 cm³/mol. The third kappa shape index (κ3) is 3.42. The smallest absolute Gasteiger partial charge is 0.144 e. The second kappa shape index (κ2) is 5.83. The van der Waals surface area contributed by atoms with E-state index in [0.717, 1.165) is 25.2 Å². The van der Waals surface area contributed by atoms with Crippen LogP contribution < -0.4 is 5.32 Å². The molecule has 1 aliphatic rings. The lowest BCUT2D eigenvalue weighted by Crippen LogP contribution is -2.27. The maximum absolute atomic E-state index is 9.27. The van der Waals surface area contributed by atoms with Gasteiger partial charge in [0, 0.05) is 17.0 Å².